The van der Waals surface area contributed by atoms with E-state index in [0.717, 1.165) is 0 Å². The van der Waals surface area contributed by atoms with E-state index in [4.69, 9.17) is 49.0 Å². The van der Waals surface area contributed by atoms with E-state index in [2.05, 4.69) is 10.6 Å². The number of rotatable bonds is 10. The number of carboxylic acid groups (broad SMARTS) is 1. The second kappa shape index (κ2) is 13.3. The number of para-hydroxylation sites is 1. The molecule has 210 valence electrons. The summed E-state index contributed by atoms with van der Waals surface area (Å²) in [7, 11) is 0. The number of aliphatic carboxylic acids is 1. The summed E-state index contributed by atoms with van der Waals surface area (Å²) >= 11 is 18.5. The van der Waals surface area contributed by atoms with Gasteiger partial charge in [0.2, 0.25) is 0 Å². The third-order valence-electron chi connectivity index (χ3n) is 6.02. The Balaban J connectivity index is 1.37. The number of benzene rings is 3. The van der Waals surface area contributed by atoms with Gasteiger partial charge in [-0.25, -0.2) is 4.79 Å². The first-order valence-electron chi connectivity index (χ1n) is 12.2. The highest BCUT2D eigenvalue weighted by Gasteiger charge is 2.44. The number of hydrogen-bond donors (Lipinski definition) is 3. The number of ether oxygens (including phenoxy) is 3. The van der Waals surface area contributed by atoms with Crippen LogP contribution in [-0.4, -0.2) is 47.4 Å². The molecule has 4 rings (SSSR count). The minimum Gasteiger partial charge on any atom is -0.489 e. The van der Waals surface area contributed by atoms with Crippen LogP contribution in [0.3, 0.4) is 0 Å². The van der Waals surface area contributed by atoms with Crippen LogP contribution in [0.2, 0.25) is 15.1 Å². The van der Waals surface area contributed by atoms with Crippen molar-refractivity contribution in [3.05, 3.63) is 92.9 Å². The van der Waals surface area contributed by atoms with Gasteiger partial charge in [0, 0.05) is 22.0 Å². The van der Waals surface area contributed by atoms with Crippen LogP contribution in [0.5, 0.6) is 5.75 Å². The SMILES string of the molecule is C[C@@H]1O[C@@H](C(=O)Nc2ccccc2Cl)[C@H](C(=O)NC(Cc2ccc(OCc3c(Cl)cccc3Cl)cc2)C(=O)O)O1. The summed E-state index contributed by atoms with van der Waals surface area (Å²) in [6.07, 6.45) is -3.58. The molecule has 1 aliphatic rings. The zero-order valence-electron chi connectivity index (χ0n) is 21.1. The minimum absolute atomic E-state index is 0.0304. The van der Waals surface area contributed by atoms with E-state index in [1.807, 2.05) is 0 Å². The molecule has 4 atom stereocenters. The van der Waals surface area contributed by atoms with Crippen molar-refractivity contribution in [2.75, 3.05) is 5.32 Å². The Hall–Kier alpha value is -3.34. The van der Waals surface area contributed by atoms with Crippen LogP contribution >= 0.6 is 34.8 Å². The molecular weight excluding hydrogens is 583 g/mol. The zero-order valence-corrected chi connectivity index (χ0v) is 23.4. The molecule has 0 spiro atoms. The molecular formula is C28H25Cl3N2O7. The molecule has 40 heavy (non-hydrogen) atoms. The summed E-state index contributed by atoms with van der Waals surface area (Å²) in [5, 5.41) is 16.1. The molecule has 3 aromatic carbocycles. The average molecular weight is 608 g/mol. The highest BCUT2D eigenvalue weighted by atomic mass is 35.5. The summed E-state index contributed by atoms with van der Waals surface area (Å²) in [5.41, 5.74) is 1.61. The normalized spacial score (nSPS) is 19.1. The monoisotopic (exact) mass is 606 g/mol. The van der Waals surface area contributed by atoms with Gasteiger partial charge in [-0.05, 0) is 48.9 Å². The fraction of sp³-hybridized carbons (Fsp3) is 0.250. The van der Waals surface area contributed by atoms with Crippen molar-refractivity contribution in [3.63, 3.8) is 0 Å². The standard InChI is InChI=1S/C28H25Cl3N2O7/c1-15-39-24(26(34)32-22-8-3-2-5-21(22)31)25(40-15)27(35)33-23(28(36)37)13-16-9-11-17(12-10-16)38-14-18-19(29)6-4-7-20(18)30/h2-12,15,23-25H,13-14H2,1H3,(H,32,34)(H,33,35)(H,36,37)/t15-,23?,24-,25-/m1/s1. The Morgan fingerprint density at radius 3 is 2.10 bits per heavy atom. The second-order valence-corrected chi connectivity index (χ2v) is 10.1. The average Bonchev–Trinajstić information content (AvgIpc) is 3.32. The summed E-state index contributed by atoms with van der Waals surface area (Å²) in [6, 6.07) is 17.2. The van der Waals surface area contributed by atoms with E-state index >= 15 is 0 Å². The van der Waals surface area contributed by atoms with Gasteiger partial charge in [-0.1, -0.05) is 65.1 Å². The van der Waals surface area contributed by atoms with Gasteiger partial charge in [0.15, 0.2) is 18.5 Å². The van der Waals surface area contributed by atoms with Gasteiger partial charge in [0.25, 0.3) is 11.8 Å². The van der Waals surface area contributed by atoms with Gasteiger partial charge in [0.05, 0.1) is 10.7 Å². The molecule has 0 aromatic heterocycles. The van der Waals surface area contributed by atoms with E-state index in [9.17, 15) is 19.5 Å². The predicted molar refractivity (Wildman–Crippen MR) is 150 cm³/mol. The largest absolute Gasteiger partial charge is 0.489 e. The molecule has 1 fully saturated rings. The van der Waals surface area contributed by atoms with Gasteiger partial charge < -0.3 is 30.0 Å². The van der Waals surface area contributed by atoms with Crippen molar-refractivity contribution in [2.24, 2.45) is 0 Å². The van der Waals surface area contributed by atoms with Crippen molar-refractivity contribution < 1.29 is 33.7 Å². The molecule has 3 aromatic rings. The zero-order chi connectivity index (χ0) is 28.8. The summed E-state index contributed by atoms with van der Waals surface area (Å²) in [5.74, 6) is -2.19. The van der Waals surface area contributed by atoms with Gasteiger partial charge in [-0.15, -0.1) is 0 Å². The van der Waals surface area contributed by atoms with Crippen molar-refractivity contribution in [3.8, 4) is 5.75 Å². The lowest BCUT2D eigenvalue weighted by Gasteiger charge is -2.20. The summed E-state index contributed by atoms with van der Waals surface area (Å²) < 4.78 is 16.7. The third-order valence-corrected chi connectivity index (χ3v) is 7.06. The number of carbonyl (C=O) groups is 3. The number of amides is 2. The van der Waals surface area contributed by atoms with Gasteiger partial charge in [0.1, 0.15) is 18.4 Å². The van der Waals surface area contributed by atoms with E-state index in [1.165, 1.54) is 6.92 Å². The smallest absolute Gasteiger partial charge is 0.326 e. The molecule has 0 bridgehead atoms. The van der Waals surface area contributed by atoms with Crippen LogP contribution in [0.4, 0.5) is 5.69 Å². The Morgan fingerprint density at radius 2 is 1.48 bits per heavy atom. The quantitative estimate of drug-likeness (QED) is 0.293. The molecule has 3 N–H and O–H groups in total. The molecule has 0 aliphatic carbocycles. The number of anilines is 1. The van der Waals surface area contributed by atoms with Gasteiger partial charge in [-0.2, -0.15) is 0 Å². The van der Waals surface area contributed by atoms with Crippen molar-refractivity contribution >= 4 is 58.3 Å². The summed E-state index contributed by atoms with van der Waals surface area (Å²) in [4.78, 5) is 37.9. The van der Waals surface area contributed by atoms with Crippen LogP contribution in [0, 0.1) is 0 Å². The lowest BCUT2D eigenvalue weighted by molar-refractivity contribution is -0.144. The maximum Gasteiger partial charge on any atom is 0.326 e. The molecule has 0 radical (unpaired) electrons. The highest BCUT2D eigenvalue weighted by Crippen LogP contribution is 2.27. The predicted octanol–water partition coefficient (Wildman–Crippen LogP) is 5.11. The van der Waals surface area contributed by atoms with Gasteiger partial charge in [-0.3, -0.25) is 9.59 Å². The minimum atomic E-state index is -1.37. The van der Waals surface area contributed by atoms with Crippen LogP contribution in [0.25, 0.3) is 0 Å². The fourth-order valence-corrected chi connectivity index (χ4v) is 4.68. The fourth-order valence-electron chi connectivity index (χ4n) is 3.99. The van der Waals surface area contributed by atoms with Gasteiger partial charge >= 0.3 is 5.97 Å². The number of nitrogens with one attached hydrogen (secondary N) is 2. The first kappa shape index (κ1) is 29.6. The molecule has 0 saturated carbocycles. The number of carboxylic acids is 1. The molecule has 1 heterocycles. The molecule has 12 heteroatoms. The molecule has 1 saturated heterocycles. The first-order chi connectivity index (χ1) is 19.1. The maximum absolute atomic E-state index is 13.0. The van der Waals surface area contributed by atoms with Crippen molar-refractivity contribution in [1.29, 1.82) is 0 Å². The topological polar surface area (TPSA) is 123 Å². The lowest BCUT2D eigenvalue weighted by atomic mass is 10.0. The molecule has 2 amide bonds. The molecule has 1 aliphatic heterocycles. The van der Waals surface area contributed by atoms with Crippen LogP contribution in [-0.2, 0) is 36.9 Å². The molecule has 1 unspecified atom stereocenters. The van der Waals surface area contributed by atoms with E-state index in [0.29, 0.717) is 37.6 Å². The number of halogens is 3. The number of hydrogen-bond acceptors (Lipinski definition) is 6. The van der Waals surface area contributed by atoms with Crippen molar-refractivity contribution in [2.45, 2.75) is 44.5 Å². The Morgan fingerprint density at radius 1 is 0.875 bits per heavy atom. The summed E-state index contributed by atoms with van der Waals surface area (Å²) in [6.45, 7) is 1.68. The van der Waals surface area contributed by atoms with E-state index in [-0.39, 0.29) is 13.0 Å². The van der Waals surface area contributed by atoms with Crippen LogP contribution in [0.15, 0.2) is 66.7 Å². The first-order valence-corrected chi connectivity index (χ1v) is 13.3. The van der Waals surface area contributed by atoms with Crippen LogP contribution < -0.4 is 15.4 Å². The Labute approximate surface area is 245 Å². The highest BCUT2D eigenvalue weighted by molar-refractivity contribution is 6.36. The molecule has 9 nitrogen and oxygen atoms in total. The van der Waals surface area contributed by atoms with Crippen LogP contribution in [0.1, 0.15) is 18.1 Å². The van der Waals surface area contributed by atoms with E-state index in [1.54, 1.807) is 66.7 Å². The third kappa shape index (κ3) is 7.44. The second-order valence-electron chi connectivity index (χ2n) is 8.89. The lowest BCUT2D eigenvalue weighted by Crippen LogP contribution is -2.51. The number of carbonyl (C=O) groups excluding carboxylic acids is 2. The Kier molecular flexibility index (Phi) is 9.89. The van der Waals surface area contributed by atoms with Crippen molar-refractivity contribution in [1.82, 2.24) is 5.32 Å². The van der Waals surface area contributed by atoms with E-state index < -0.39 is 42.3 Å². The Bertz CT molecular complexity index is 1370. The maximum atomic E-state index is 13.0.